The molecule has 0 aromatic heterocycles. The quantitative estimate of drug-likeness (QED) is 0.787. The molecule has 1 saturated heterocycles. The van der Waals surface area contributed by atoms with Gasteiger partial charge in [0.15, 0.2) is 0 Å². The molecular formula is C23H32N2O4. The Morgan fingerprint density at radius 3 is 2.66 bits per heavy atom. The standard InChI is InChI=1S/C23H32N2O4/c26-21-19-5-1-2-6-20(19)29-17-23(9-3-4-15-28-16-12-24-21)10-13-25(14-11-23)22(27)18-7-8-18/h1-2,5-6,18H,3-4,7-17H2,(H,24,26). The molecule has 0 radical (unpaired) electrons. The number of piperidine rings is 1. The van der Waals surface area contributed by atoms with Crippen LogP contribution in [0.2, 0.25) is 0 Å². The molecule has 6 heteroatoms. The van der Waals surface area contributed by atoms with Crippen LogP contribution in [0, 0.1) is 11.3 Å². The summed E-state index contributed by atoms with van der Waals surface area (Å²) in [7, 11) is 0. The molecule has 1 spiro atoms. The Labute approximate surface area is 172 Å². The van der Waals surface area contributed by atoms with Crippen LogP contribution in [0.1, 0.15) is 55.3 Å². The molecule has 2 amide bonds. The molecule has 29 heavy (non-hydrogen) atoms. The van der Waals surface area contributed by atoms with Gasteiger partial charge in [0.25, 0.3) is 5.91 Å². The number of ether oxygens (including phenoxy) is 2. The number of carbonyl (C=O) groups excluding carboxylic acids is 2. The van der Waals surface area contributed by atoms with Gasteiger partial charge in [-0.15, -0.1) is 0 Å². The molecule has 1 saturated carbocycles. The molecule has 158 valence electrons. The molecule has 0 atom stereocenters. The van der Waals surface area contributed by atoms with E-state index in [0.717, 1.165) is 64.6 Å². The van der Waals surface area contributed by atoms with Crippen LogP contribution in [0.3, 0.4) is 0 Å². The van der Waals surface area contributed by atoms with Gasteiger partial charge in [-0.3, -0.25) is 9.59 Å². The summed E-state index contributed by atoms with van der Waals surface area (Å²) < 4.78 is 11.9. The Kier molecular flexibility index (Phi) is 6.38. The number of fused-ring (bicyclic) bond motifs is 1. The van der Waals surface area contributed by atoms with Crippen molar-refractivity contribution < 1.29 is 19.1 Å². The topological polar surface area (TPSA) is 67.9 Å². The number of amides is 2. The summed E-state index contributed by atoms with van der Waals surface area (Å²) in [5.74, 6) is 1.14. The second-order valence-corrected chi connectivity index (χ2v) is 8.71. The first-order chi connectivity index (χ1) is 14.2. The van der Waals surface area contributed by atoms with Gasteiger partial charge in [-0.25, -0.2) is 0 Å². The molecule has 1 N–H and O–H groups in total. The minimum absolute atomic E-state index is 0.0496. The van der Waals surface area contributed by atoms with E-state index in [1.807, 2.05) is 18.2 Å². The highest BCUT2D eigenvalue weighted by molar-refractivity contribution is 5.96. The van der Waals surface area contributed by atoms with Gasteiger partial charge < -0.3 is 19.7 Å². The fraction of sp³-hybridized carbons (Fsp3) is 0.652. The summed E-state index contributed by atoms with van der Waals surface area (Å²) in [5.41, 5.74) is 0.620. The largest absolute Gasteiger partial charge is 0.492 e. The molecule has 1 aromatic rings. The first-order valence-electron chi connectivity index (χ1n) is 11.0. The lowest BCUT2D eigenvalue weighted by Gasteiger charge is -2.42. The maximum absolute atomic E-state index is 12.5. The van der Waals surface area contributed by atoms with E-state index in [0.29, 0.717) is 37.0 Å². The van der Waals surface area contributed by atoms with Crippen LogP contribution >= 0.6 is 0 Å². The Morgan fingerprint density at radius 1 is 1.07 bits per heavy atom. The predicted octanol–water partition coefficient (Wildman–Crippen LogP) is 3.01. The summed E-state index contributed by atoms with van der Waals surface area (Å²) in [6.45, 7) is 3.97. The van der Waals surface area contributed by atoms with Crippen molar-refractivity contribution in [1.82, 2.24) is 10.2 Å². The van der Waals surface area contributed by atoms with Crippen molar-refractivity contribution in [3.8, 4) is 5.75 Å². The van der Waals surface area contributed by atoms with E-state index in [1.165, 1.54) is 0 Å². The van der Waals surface area contributed by atoms with Crippen LogP contribution in [-0.4, -0.2) is 56.2 Å². The van der Waals surface area contributed by atoms with Gasteiger partial charge in [-0.1, -0.05) is 18.6 Å². The second-order valence-electron chi connectivity index (χ2n) is 8.71. The highest BCUT2D eigenvalue weighted by Gasteiger charge is 2.40. The van der Waals surface area contributed by atoms with Crippen molar-refractivity contribution in [2.45, 2.75) is 44.9 Å². The van der Waals surface area contributed by atoms with Gasteiger partial charge >= 0.3 is 0 Å². The van der Waals surface area contributed by atoms with Crippen molar-refractivity contribution in [1.29, 1.82) is 0 Å². The van der Waals surface area contributed by atoms with Crippen LogP contribution in [0.4, 0.5) is 0 Å². The fourth-order valence-corrected chi connectivity index (χ4v) is 4.41. The molecule has 2 aliphatic heterocycles. The highest BCUT2D eigenvalue weighted by Crippen LogP contribution is 2.40. The van der Waals surface area contributed by atoms with E-state index < -0.39 is 0 Å². The molecule has 0 unspecified atom stereocenters. The minimum atomic E-state index is -0.125. The Morgan fingerprint density at radius 2 is 1.86 bits per heavy atom. The van der Waals surface area contributed by atoms with Crippen LogP contribution < -0.4 is 10.1 Å². The lowest BCUT2D eigenvalue weighted by Crippen LogP contribution is -2.46. The minimum Gasteiger partial charge on any atom is -0.492 e. The summed E-state index contributed by atoms with van der Waals surface area (Å²) in [6, 6.07) is 7.44. The molecular weight excluding hydrogens is 368 g/mol. The zero-order chi connectivity index (χ0) is 20.1. The van der Waals surface area contributed by atoms with Gasteiger partial charge in [0, 0.05) is 37.6 Å². The first kappa shape index (κ1) is 20.2. The maximum Gasteiger partial charge on any atom is 0.255 e. The molecule has 2 heterocycles. The average molecular weight is 401 g/mol. The smallest absolute Gasteiger partial charge is 0.255 e. The van der Waals surface area contributed by atoms with Crippen LogP contribution in [0.25, 0.3) is 0 Å². The van der Waals surface area contributed by atoms with E-state index in [4.69, 9.17) is 9.47 Å². The van der Waals surface area contributed by atoms with E-state index in [9.17, 15) is 9.59 Å². The first-order valence-corrected chi connectivity index (χ1v) is 11.0. The molecule has 2 fully saturated rings. The van der Waals surface area contributed by atoms with Crippen molar-refractivity contribution in [3.63, 3.8) is 0 Å². The van der Waals surface area contributed by atoms with Gasteiger partial charge in [0.1, 0.15) is 5.75 Å². The van der Waals surface area contributed by atoms with Crippen molar-refractivity contribution in [3.05, 3.63) is 29.8 Å². The molecule has 4 rings (SSSR count). The number of nitrogens with one attached hydrogen (secondary N) is 1. The highest BCUT2D eigenvalue weighted by atomic mass is 16.5. The third-order valence-corrected chi connectivity index (χ3v) is 6.51. The van der Waals surface area contributed by atoms with Crippen molar-refractivity contribution in [2.75, 3.05) is 39.5 Å². The number of rotatable bonds is 1. The van der Waals surface area contributed by atoms with Gasteiger partial charge in [0.05, 0.1) is 18.8 Å². The number of hydrogen-bond acceptors (Lipinski definition) is 4. The summed E-state index contributed by atoms with van der Waals surface area (Å²) in [6.07, 6.45) is 7.20. The second kappa shape index (κ2) is 9.16. The Hall–Kier alpha value is -2.08. The van der Waals surface area contributed by atoms with E-state index in [2.05, 4.69) is 10.2 Å². The maximum atomic E-state index is 12.5. The number of para-hydroxylation sites is 1. The molecule has 6 nitrogen and oxygen atoms in total. The number of likely N-dealkylation sites (tertiary alicyclic amines) is 1. The Balaban J connectivity index is 1.47. The van der Waals surface area contributed by atoms with E-state index in [-0.39, 0.29) is 17.2 Å². The summed E-state index contributed by atoms with van der Waals surface area (Å²) in [5, 5.41) is 2.91. The summed E-state index contributed by atoms with van der Waals surface area (Å²) in [4.78, 5) is 27.0. The number of hydrogen-bond donors (Lipinski definition) is 1. The average Bonchev–Trinajstić information content (AvgIpc) is 3.59. The van der Waals surface area contributed by atoms with Gasteiger partial charge in [0.2, 0.25) is 5.91 Å². The third kappa shape index (κ3) is 5.10. The lowest BCUT2D eigenvalue weighted by molar-refractivity contribution is -0.135. The predicted molar refractivity (Wildman–Crippen MR) is 110 cm³/mol. The van der Waals surface area contributed by atoms with Crippen LogP contribution in [0.5, 0.6) is 5.75 Å². The van der Waals surface area contributed by atoms with Crippen molar-refractivity contribution >= 4 is 11.8 Å². The fourth-order valence-electron chi connectivity index (χ4n) is 4.41. The number of carbonyl (C=O) groups is 2. The van der Waals surface area contributed by atoms with E-state index in [1.54, 1.807) is 6.07 Å². The lowest BCUT2D eigenvalue weighted by atomic mass is 9.75. The zero-order valence-electron chi connectivity index (χ0n) is 17.2. The SMILES string of the molecule is O=C1NCCOCCCCC2(CCN(C(=O)C3CC3)CC2)COc2ccccc21. The normalized spacial score (nSPS) is 23.4. The molecule has 1 aromatic carbocycles. The van der Waals surface area contributed by atoms with Gasteiger partial charge in [-0.2, -0.15) is 0 Å². The number of benzene rings is 1. The molecule has 3 aliphatic rings. The molecule has 1 aliphatic carbocycles. The van der Waals surface area contributed by atoms with Crippen LogP contribution in [-0.2, 0) is 9.53 Å². The summed E-state index contributed by atoms with van der Waals surface area (Å²) >= 11 is 0. The van der Waals surface area contributed by atoms with E-state index >= 15 is 0 Å². The monoisotopic (exact) mass is 400 g/mol. The van der Waals surface area contributed by atoms with Crippen LogP contribution in [0.15, 0.2) is 24.3 Å². The van der Waals surface area contributed by atoms with Crippen molar-refractivity contribution in [2.24, 2.45) is 11.3 Å². The van der Waals surface area contributed by atoms with Gasteiger partial charge in [-0.05, 0) is 50.7 Å². The zero-order valence-corrected chi connectivity index (χ0v) is 17.2. The molecule has 0 bridgehead atoms. The number of nitrogens with zero attached hydrogens (tertiary/aromatic N) is 1. The third-order valence-electron chi connectivity index (χ3n) is 6.51. The Bertz CT molecular complexity index is 723.